The van der Waals surface area contributed by atoms with E-state index in [-0.39, 0.29) is 5.54 Å². The summed E-state index contributed by atoms with van der Waals surface area (Å²) in [6.07, 6.45) is 2.04. The van der Waals surface area contributed by atoms with E-state index in [4.69, 9.17) is 16.3 Å². The van der Waals surface area contributed by atoms with E-state index in [9.17, 15) is 0 Å². The molecule has 1 fully saturated rings. The second-order valence-corrected chi connectivity index (χ2v) is 4.39. The van der Waals surface area contributed by atoms with E-state index in [0.717, 1.165) is 31.1 Å². The zero-order chi connectivity index (χ0) is 10.7. The molecule has 0 radical (unpaired) electrons. The number of nitrogens with one attached hydrogen (secondary N) is 1. The molecule has 1 aromatic rings. The largest absolute Gasteiger partial charge is 0.381 e. The molecule has 0 aromatic heterocycles. The zero-order valence-electron chi connectivity index (χ0n) is 8.92. The van der Waals surface area contributed by atoms with Crippen molar-refractivity contribution in [3.05, 3.63) is 34.9 Å². The Bertz CT molecular complexity index is 317. The van der Waals surface area contributed by atoms with E-state index < -0.39 is 0 Å². The molecule has 82 valence electrons. The van der Waals surface area contributed by atoms with E-state index in [1.165, 1.54) is 5.56 Å². The van der Waals surface area contributed by atoms with Crippen molar-refractivity contribution < 1.29 is 4.74 Å². The highest BCUT2D eigenvalue weighted by molar-refractivity contribution is 6.30. The van der Waals surface area contributed by atoms with Crippen molar-refractivity contribution in [2.45, 2.75) is 18.4 Å². The molecule has 1 N–H and O–H groups in total. The highest BCUT2D eigenvalue weighted by Crippen LogP contribution is 2.32. The molecule has 0 saturated carbocycles. The molecule has 0 aliphatic carbocycles. The smallest absolute Gasteiger partial charge is 0.0486 e. The number of rotatable bonds is 2. The number of hydrogen-bond donors (Lipinski definition) is 1. The normalized spacial score (nSPS) is 20.1. The second-order valence-electron chi connectivity index (χ2n) is 3.95. The van der Waals surface area contributed by atoms with Crippen molar-refractivity contribution in [2.75, 3.05) is 20.3 Å². The van der Waals surface area contributed by atoms with Gasteiger partial charge in [-0.15, -0.1) is 0 Å². The van der Waals surface area contributed by atoms with Gasteiger partial charge in [0.25, 0.3) is 0 Å². The molecule has 0 atom stereocenters. The fourth-order valence-electron chi connectivity index (χ4n) is 2.17. The average Bonchev–Trinajstić information content (AvgIpc) is 2.31. The van der Waals surface area contributed by atoms with Crippen molar-refractivity contribution in [2.24, 2.45) is 0 Å². The maximum absolute atomic E-state index is 5.89. The lowest BCUT2D eigenvalue weighted by atomic mass is 9.83. The van der Waals surface area contributed by atoms with Gasteiger partial charge in [-0.2, -0.15) is 0 Å². The van der Waals surface area contributed by atoms with Crippen LogP contribution in [0.25, 0.3) is 0 Å². The van der Waals surface area contributed by atoms with Crippen LogP contribution in [0.3, 0.4) is 0 Å². The van der Waals surface area contributed by atoms with Crippen molar-refractivity contribution in [3.63, 3.8) is 0 Å². The molecule has 1 aliphatic heterocycles. The molecular weight excluding hydrogens is 210 g/mol. The van der Waals surface area contributed by atoms with Gasteiger partial charge in [0, 0.05) is 23.8 Å². The highest BCUT2D eigenvalue weighted by atomic mass is 35.5. The van der Waals surface area contributed by atoms with Crippen LogP contribution in [-0.2, 0) is 10.3 Å². The Morgan fingerprint density at radius 3 is 2.33 bits per heavy atom. The molecule has 2 rings (SSSR count). The predicted octanol–water partition coefficient (Wildman–Crippen LogP) is 2.57. The fraction of sp³-hybridized carbons (Fsp3) is 0.500. The van der Waals surface area contributed by atoms with E-state index in [2.05, 4.69) is 17.4 Å². The highest BCUT2D eigenvalue weighted by Gasteiger charge is 2.32. The Kier molecular flexibility index (Phi) is 3.29. The first-order chi connectivity index (χ1) is 7.27. The number of benzene rings is 1. The van der Waals surface area contributed by atoms with Gasteiger partial charge in [-0.1, -0.05) is 23.7 Å². The first-order valence-corrected chi connectivity index (χ1v) is 5.67. The Hall–Kier alpha value is -0.570. The third kappa shape index (κ3) is 2.17. The van der Waals surface area contributed by atoms with E-state index in [0.29, 0.717) is 0 Å². The summed E-state index contributed by atoms with van der Waals surface area (Å²) in [5, 5.41) is 4.22. The molecule has 1 aliphatic rings. The Balaban J connectivity index is 2.28. The monoisotopic (exact) mass is 225 g/mol. The van der Waals surface area contributed by atoms with Crippen molar-refractivity contribution in [3.8, 4) is 0 Å². The molecule has 3 heteroatoms. The molecule has 1 saturated heterocycles. The van der Waals surface area contributed by atoms with Crippen LogP contribution in [0.1, 0.15) is 18.4 Å². The van der Waals surface area contributed by atoms with Crippen LogP contribution in [0.4, 0.5) is 0 Å². The average molecular weight is 226 g/mol. The maximum atomic E-state index is 5.89. The quantitative estimate of drug-likeness (QED) is 0.836. The lowest BCUT2D eigenvalue weighted by Crippen LogP contribution is -2.44. The Labute approximate surface area is 95.6 Å². The summed E-state index contributed by atoms with van der Waals surface area (Å²) < 4.78 is 5.41. The van der Waals surface area contributed by atoms with Gasteiger partial charge in [-0.25, -0.2) is 0 Å². The maximum Gasteiger partial charge on any atom is 0.0486 e. The molecular formula is C12H16ClNO. The van der Waals surface area contributed by atoms with Gasteiger partial charge in [0.2, 0.25) is 0 Å². The number of ether oxygens (including phenoxy) is 1. The van der Waals surface area contributed by atoms with Crippen LogP contribution >= 0.6 is 11.6 Å². The summed E-state index contributed by atoms with van der Waals surface area (Å²) in [4.78, 5) is 0. The van der Waals surface area contributed by atoms with Crippen LogP contribution in [0, 0.1) is 0 Å². The van der Waals surface area contributed by atoms with Gasteiger partial charge in [-0.3, -0.25) is 0 Å². The van der Waals surface area contributed by atoms with E-state index >= 15 is 0 Å². The van der Waals surface area contributed by atoms with Gasteiger partial charge >= 0.3 is 0 Å². The molecule has 15 heavy (non-hydrogen) atoms. The predicted molar refractivity (Wildman–Crippen MR) is 62.2 cm³/mol. The van der Waals surface area contributed by atoms with E-state index in [1.54, 1.807) is 0 Å². The summed E-state index contributed by atoms with van der Waals surface area (Å²) in [6.45, 7) is 1.65. The van der Waals surface area contributed by atoms with Crippen molar-refractivity contribution in [1.82, 2.24) is 5.32 Å². The van der Waals surface area contributed by atoms with Crippen LogP contribution in [-0.4, -0.2) is 20.3 Å². The minimum absolute atomic E-state index is 0.0723. The van der Waals surface area contributed by atoms with Gasteiger partial charge in [0.15, 0.2) is 0 Å². The fourth-order valence-corrected chi connectivity index (χ4v) is 2.30. The molecule has 2 nitrogen and oxygen atoms in total. The van der Waals surface area contributed by atoms with Crippen LogP contribution in [0.2, 0.25) is 5.02 Å². The summed E-state index contributed by atoms with van der Waals surface area (Å²) >= 11 is 5.89. The lowest BCUT2D eigenvalue weighted by molar-refractivity contribution is 0.0398. The van der Waals surface area contributed by atoms with Crippen molar-refractivity contribution in [1.29, 1.82) is 0 Å². The topological polar surface area (TPSA) is 21.3 Å². The Morgan fingerprint density at radius 2 is 1.80 bits per heavy atom. The molecule has 0 unspecified atom stereocenters. The summed E-state index contributed by atoms with van der Waals surface area (Å²) in [5.41, 5.74) is 1.38. The summed E-state index contributed by atoms with van der Waals surface area (Å²) in [7, 11) is 2.01. The first kappa shape index (κ1) is 10.9. The first-order valence-electron chi connectivity index (χ1n) is 5.29. The van der Waals surface area contributed by atoms with Gasteiger partial charge in [-0.05, 0) is 37.6 Å². The number of hydrogen-bond acceptors (Lipinski definition) is 2. The van der Waals surface area contributed by atoms with Crippen LogP contribution in [0.15, 0.2) is 24.3 Å². The Morgan fingerprint density at radius 1 is 1.20 bits per heavy atom. The van der Waals surface area contributed by atoms with E-state index in [1.807, 2.05) is 19.2 Å². The minimum atomic E-state index is 0.0723. The molecule has 1 aromatic carbocycles. The SMILES string of the molecule is CNC1(c2ccc(Cl)cc2)CCOCC1. The van der Waals surface area contributed by atoms with Gasteiger partial charge in [0.1, 0.15) is 0 Å². The molecule has 0 amide bonds. The third-order valence-corrected chi connectivity index (χ3v) is 3.47. The lowest BCUT2D eigenvalue weighted by Gasteiger charge is -2.37. The standard InChI is InChI=1S/C12H16ClNO/c1-14-12(6-8-15-9-7-12)10-2-4-11(13)5-3-10/h2-5,14H,6-9H2,1H3. The molecule has 0 bridgehead atoms. The summed E-state index contributed by atoms with van der Waals surface area (Å²) in [6, 6.07) is 8.10. The second kappa shape index (κ2) is 4.52. The van der Waals surface area contributed by atoms with Crippen LogP contribution in [0.5, 0.6) is 0 Å². The minimum Gasteiger partial charge on any atom is -0.381 e. The van der Waals surface area contributed by atoms with Gasteiger partial charge < -0.3 is 10.1 Å². The van der Waals surface area contributed by atoms with Crippen molar-refractivity contribution >= 4 is 11.6 Å². The molecule has 0 spiro atoms. The zero-order valence-corrected chi connectivity index (χ0v) is 9.68. The van der Waals surface area contributed by atoms with Crippen LogP contribution < -0.4 is 5.32 Å². The number of halogens is 1. The van der Waals surface area contributed by atoms with Gasteiger partial charge in [0.05, 0.1) is 0 Å². The summed E-state index contributed by atoms with van der Waals surface area (Å²) in [5.74, 6) is 0. The molecule has 1 heterocycles. The third-order valence-electron chi connectivity index (χ3n) is 3.22.